The van der Waals surface area contributed by atoms with Gasteiger partial charge in [-0.3, -0.25) is 4.79 Å². The number of alkyl halides is 1. The van der Waals surface area contributed by atoms with E-state index in [-0.39, 0.29) is 11.9 Å². The molecule has 1 aliphatic rings. The van der Waals surface area contributed by atoms with E-state index in [2.05, 4.69) is 4.74 Å². The summed E-state index contributed by atoms with van der Waals surface area (Å²) >= 11 is 0. The SMILES string of the molecule is COC(=O)CCC1CCOCCC1F. The first kappa shape index (κ1) is 11.4. The molecule has 0 amide bonds. The maximum atomic E-state index is 13.4. The van der Waals surface area contributed by atoms with Crippen LogP contribution in [0, 0.1) is 5.92 Å². The molecule has 0 aliphatic carbocycles. The lowest BCUT2D eigenvalue weighted by molar-refractivity contribution is -0.141. The molecule has 0 radical (unpaired) electrons. The summed E-state index contributed by atoms with van der Waals surface area (Å²) in [6.45, 7) is 1.10. The van der Waals surface area contributed by atoms with Gasteiger partial charge in [0.2, 0.25) is 0 Å². The van der Waals surface area contributed by atoms with Crippen molar-refractivity contribution in [2.24, 2.45) is 5.92 Å². The predicted octanol–water partition coefficient (Wildman–Crippen LogP) is 1.70. The number of carbonyl (C=O) groups is 1. The first-order valence-corrected chi connectivity index (χ1v) is 5.02. The Morgan fingerprint density at radius 2 is 2.21 bits per heavy atom. The van der Waals surface area contributed by atoms with E-state index in [1.54, 1.807) is 0 Å². The molecule has 0 saturated carbocycles. The van der Waals surface area contributed by atoms with Crippen LogP contribution in [0.4, 0.5) is 4.39 Å². The smallest absolute Gasteiger partial charge is 0.305 e. The van der Waals surface area contributed by atoms with Gasteiger partial charge in [0.15, 0.2) is 0 Å². The molecule has 0 spiro atoms. The Labute approximate surface area is 83.6 Å². The van der Waals surface area contributed by atoms with Crippen LogP contribution in [0.1, 0.15) is 25.7 Å². The molecule has 2 atom stereocenters. The summed E-state index contributed by atoms with van der Waals surface area (Å²) in [5, 5.41) is 0. The van der Waals surface area contributed by atoms with Gasteiger partial charge in [0.25, 0.3) is 0 Å². The largest absolute Gasteiger partial charge is 0.469 e. The van der Waals surface area contributed by atoms with Crippen LogP contribution in [-0.2, 0) is 14.3 Å². The van der Waals surface area contributed by atoms with E-state index in [0.29, 0.717) is 38.9 Å². The molecule has 0 aromatic carbocycles. The quantitative estimate of drug-likeness (QED) is 0.656. The van der Waals surface area contributed by atoms with Crippen molar-refractivity contribution in [3.63, 3.8) is 0 Å². The second-order valence-corrected chi connectivity index (χ2v) is 3.58. The zero-order valence-corrected chi connectivity index (χ0v) is 8.50. The molecule has 82 valence electrons. The van der Waals surface area contributed by atoms with Gasteiger partial charge in [-0.05, 0) is 18.8 Å². The molecule has 1 aliphatic heterocycles. The highest BCUT2D eigenvalue weighted by Gasteiger charge is 2.24. The second kappa shape index (κ2) is 5.96. The molecular weight excluding hydrogens is 187 g/mol. The van der Waals surface area contributed by atoms with Gasteiger partial charge in [0.05, 0.1) is 7.11 Å². The predicted molar refractivity (Wildman–Crippen MR) is 49.7 cm³/mol. The Balaban J connectivity index is 2.29. The lowest BCUT2D eigenvalue weighted by Gasteiger charge is -2.16. The monoisotopic (exact) mass is 204 g/mol. The highest BCUT2D eigenvalue weighted by atomic mass is 19.1. The summed E-state index contributed by atoms with van der Waals surface area (Å²) < 4.78 is 23.1. The van der Waals surface area contributed by atoms with Gasteiger partial charge in [0, 0.05) is 26.1 Å². The number of hydrogen-bond donors (Lipinski definition) is 0. The van der Waals surface area contributed by atoms with Crippen molar-refractivity contribution >= 4 is 5.97 Å². The van der Waals surface area contributed by atoms with Gasteiger partial charge in [-0.25, -0.2) is 4.39 Å². The summed E-state index contributed by atoms with van der Waals surface area (Å²) in [6, 6.07) is 0. The third-order valence-corrected chi connectivity index (χ3v) is 2.63. The summed E-state index contributed by atoms with van der Waals surface area (Å²) in [6.07, 6.45) is 1.20. The molecule has 0 bridgehead atoms. The van der Waals surface area contributed by atoms with Crippen molar-refractivity contribution < 1.29 is 18.7 Å². The summed E-state index contributed by atoms with van der Waals surface area (Å²) in [5.41, 5.74) is 0. The molecule has 1 heterocycles. The first-order chi connectivity index (χ1) is 6.74. The second-order valence-electron chi connectivity index (χ2n) is 3.58. The Morgan fingerprint density at radius 1 is 1.50 bits per heavy atom. The van der Waals surface area contributed by atoms with Gasteiger partial charge in [-0.15, -0.1) is 0 Å². The first-order valence-electron chi connectivity index (χ1n) is 5.02. The highest BCUT2D eigenvalue weighted by molar-refractivity contribution is 5.69. The molecule has 2 unspecified atom stereocenters. The molecule has 0 aromatic rings. The van der Waals surface area contributed by atoms with Crippen molar-refractivity contribution in [3.8, 4) is 0 Å². The van der Waals surface area contributed by atoms with Crippen molar-refractivity contribution in [1.82, 2.24) is 0 Å². The molecule has 0 N–H and O–H groups in total. The van der Waals surface area contributed by atoms with Crippen LogP contribution >= 0.6 is 0 Å². The third kappa shape index (κ3) is 3.62. The standard InChI is InChI=1S/C10H17FO3/c1-13-10(12)3-2-8-4-6-14-7-5-9(8)11/h8-9H,2-7H2,1H3. The van der Waals surface area contributed by atoms with Gasteiger partial charge in [-0.2, -0.15) is 0 Å². The molecule has 1 saturated heterocycles. The van der Waals surface area contributed by atoms with E-state index < -0.39 is 6.17 Å². The third-order valence-electron chi connectivity index (χ3n) is 2.63. The maximum absolute atomic E-state index is 13.4. The van der Waals surface area contributed by atoms with Gasteiger partial charge in [0.1, 0.15) is 6.17 Å². The topological polar surface area (TPSA) is 35.5 Å². The molecule has 0 aromatic heterocycles. The minimum Gasteiger partial charge on any atom is -0.469 e. The number of ether oxygens (including phenoxy) is 2. The molecule has 1 rings (SSSR count). The number of carbonyl (C=O) groups excluding carboxylic acids is 1. The lowest BCUT2D eigenvalue weighted by atomic mass is 9.93. The molecule has 3 nitrogen and oxygen atoms in total. The maximum Gasteiger partial charge on any atom is 0.305 e. The van der Waals surface area contributed by atoms with Gasteiger partial charge >= 0.3 is 5.97 Å². The Hall–Kier alpha value is -0.640. The minimum atomic E-state index is -0.831. The van der Waals surface area contributed by atoms with Crippen LogP contribution in [0.2, 0.25) is 0 Å². The van der Waals surface area contributed by atoms with Crippen LogP contribution < -0.4 is 0 Å². The van der Waals surface area contributed by atoms with Crippen LogP contribution in [0.25, 0.3) is 0 Å². The van der Waals surface area contributed by atoms with Crippen LogP contribution in [0.3, 0.4) is 0 Å². The Bertz CT molecular complexity index is 184. The van der Waals surface area contributed by atoms with Crippen molar-refractivity contribution in [3.05, 3.63) is 0 Å². The zero-order chi connectivity index (χ0) is 10.4. The average molecular weight is 204 g/mol. The molecule has 14 heavy (non-hydrogen) atoms. The van der Waals surface area contributed by atoms with Crippen molar-refractivity contribution in [1.29, 1.82) is 0 Å². The Kier molecular flexibility index (Phi) is 4.87. The van der Waals surface area contributed by atoms with E-state index in [1.165, 1.54) is 7.11 Å². The van der Waals surface area contributed by atoms with Crippen LogP contribution in [0.5, 0.6) is 0 Å². The number of hydrogen-bond acceptors (Lipinski definition) is 3. The number of rotatable bonds is 3. The summed E-state index contributed by atoms with van der Waals surface area (Å²) in [7, 11) is 1.35. The number of methoxy groups -OCH3 is 1. The van der Waals surface area contributed by atoms with E-state index in [4.69, 9.17) is 4.74 Å². The van der Waals surface area contributed by atoms with Gasteiger partial charge in [-0.1, -0.05) is 0 Å². The van der Waals surface area contributed by atoms with E-state index in [9.17, 15) is 9.18 Å². The number of halogens is 1. The molecule has 1 fully saturated rings. The van der Waals surface area contributed by atoms with E-state index in [1.807, 2.05) is 0 Å². The fourth-order valence-corrected chi connectivity index (χ4v) is 1.68. The minimum absolute atomic E-state index is 0.0448. The average Bonchev–Trinajstić information content (AvgIpc) is 2.39. The summed E-state index contributed by atoms with van der Waals surface area (Å²) in [4.78, 5) is 10.9. The van der Waals surface area contributed by atoms with Gasteiger partial charge < -0.3 is 9.47 Å². The van der Waals surface area contributed by atoms with Crippen LogP contribution in [0.15, 0.2) is 0 Å². The lowest BCUT2D eigenvalue weighted by Crippen LogP contribution is -2.17. The van der Waals surface area contributed by atoms with E-state index >= 15 is 0 Å². The van der Waals surface area contributed by atoms with Crippen molar-refractivity contribution in [2.45, 2.75) is 31.9 Å². The molecule has 4 heteroatoms. The fourth-order valence-electron chi connectivity index (χ4n) is 1.68. The highest BCUT2D eigenvalue weighted by Crippen LogP contribution is 2.24. The fraction of sp³-hybridized carbons (Fsp3) is 0.900. The van der Waals surface area contributed by atoms with E-state index in [0.717, 1.165) is 0 Å². The zero-order valence-electron chi connectivity index (χ0n) is 8.50. The Morgan fingerprint density at radius 3 is 2.93 bits per heavy atom. The van der Waals surface area contributed by atoms with Crippen LogP contribution in [-0.4, -0.2) is 32.5 Å². The number of esters is 1. The molecular formula is C10H17FO3. The summed E-state index contributed by atoms with van der Waals surface area (Å²) in [5.74, 6) is -0.307. The van der Waals surface area contributed by atoms with Crippen molar-refractivity contribution in [2.75, 3.05) is 20.3 Å². The normalized spacial score (nSPS) is 28.1.